The molecule has 0 aromatic heterocycles. The number of carbonyl (C=O) groups excluding carboxylic acids is 1. The average Bonchev–Trinajstić information content (AvgIpc) is 2.99. The van der Waals surface area contributed by atoms with E-state index in [0.29, 0.717) is 18.0 Å². The summed E-state index contributed by atoms with van der Waals surface area (Å²) in [4.78, 5) is 12.1. The van der Waals surface area contributed by atoms with E-state index in [4.69, 9.17) is 9.47 Å². The van der Waals surface area contributed by atoms with Crippen LogP contribution in [0.2, 0.25) is 0 Å². The van der Waals surface area contributed by atoms with Gasteiger partial charge in [-0.15, -0.1) is 0 Å². The monoisotopic (exact) mass is 342 g/mol. The molecule has 0 aliphatic carbocycles. The molecular weight excluding hydrogens is 320 g/mol. The lowest BCUT2D eigenvalue weighted by molar-refractivity contribution is -0.116. The van der Waals surface area contributed by atoms with Crippen LogP contribution in [0.15, 0.2) is 24.3 Å². The molecule has 1 heterocycles. The van der Waals surface area contributed by atoms with Crippen molar-refractivity contribution in [3.8, 4) is 5.75 Å². The number of sulfonamides is 1. The summed E-state index contributed by atoms with van der Waals surface area (Å²) in [6.45, 7) is 0.596. The van der Waals surface area contributed by atoms with E-state index in [1.807, 2.05) is 0 Å². The van der Waals surface area contributed by atoms with Crippen LogP contribution in [0.3, 0.4) is 0 Å². The normalized spacial score (nSPS) is 18.1. The van der Waals surface area contributed by atoms with E-state index in [1.165, 1.54) is 7.11 Å². The largest absolute Gasteiger partial charge is 0.497 e. The standard InChI is InChI=1S/C15H22N2O5S/c1-21-13-6-3-5-12(9-13)16-15(18)11-17(23(2,19)20)10-14-7-4-8-22-14/h3,5-6,9,14H,4,7-8,10-11H2,1-2H3,(H,16,18). The molecule has 23 heavy (non-hydrogen) atoms. The fourth-order valence-electron chi connectivity index (χ4n) is 2.39. The number of amides is 1. The summed E-state index contributed by atoms with van der Waals surface area (Å²) in [7, 11) is -1.95. The Bertz CT molecular complexity index is 641. The molecule has 1 aliphatic heterocycles. The Balaban J connectivity index is 1.98. The molecule has 1 aromatic rings. The van der Waals surface area contributed by atoms with Crippen molar-refractivity contribution in [2.45, 2.75) is 18.9 Å². The number of rotatable bonds is 7. The fourth-order valence-corrected chi connectivity index (χ4v) is 3.18. The molecule has 1 amide bonds. The first kappa shape index (κ1) is 17.7. The van der Waals surface area contributed by atoms with Crippen molar-refractivity contribution in [1.82, 2.24) is 4.31 Å². The van der Waals surface area contributed by atoms with Crippen LogP contribution in [0.25, 0.3) is 0 Å². The number of anilines is 1. The van der Waals surface area contributed by atoms with Crippen LogP contribution in [-0.4, -0.2) is 57.8 Å². The Labute approximate surface area is 136 Å². The van der Waals surface area contributed by atoms with Crippen LogP contribution in [0.1, 0.15) is 12.8 Å². The van der Waals surface area contributed by atoms with Crippen molar-refractivity contribution in [2.24, 2.45) is 0 Å². The number of ether oxygens (including phenoxy) is 2. The number of carbonyl (C=O) groups is 1. The van der Waals surface area contributed by atoms with Gasteiger partial charge in [0.25, 0.3) is 0 Å². The second-order valence-electron chi connectivity index (χ2n) is 5.47. The van der Waals surface area contributed by atoms with Gasteiger partial charge in [-0.1, -0.05) is 6.07 Å². The topological polar surface area (TPSA) is 84.9 Å². The SMILES string of the molecule is COc1cccc(NC(=O)CN(CC2CCCO2)S(C)(=O)=O)c1. The van der Waals surface area contributed by atoms with Gasteiger partial charge in [0.2, 0.25) is 15.9 Å². The van der Waals surface area contributed by atoms with Crippen molar-refractivity contribution in [2.75, 3.05) is 38.4 Å². The summed E-state index contributed by atoms with van der Waals surface area (Å²) in [5, 5.41) is 2.68. The highest BCUT2D eigenvalue weighted by molar-refractivity contribution is 7.88. The molecule has 0 spiro atoms. The molecule has 7 nitrogen and oxygen atoms in total. The number of hydrogen-bond donors (Lipinski definition) is 1. The number of methoxy groups -OCH3 is 1. The van der Waals surface area contributed by atoms with Crippen LogP contribution < -0.4 is 10.1 Å². The molecule has 1 saturated heterocycles. The predicted octanol–water partition coefficient (Wildman–Crippen LogP) is 1.07. The summed E-state index contributed by atoms with van der Waals surface area (Å²) in [5.74, 6) is 0.212. The molecule has 1 unspecified atom stereocenters. The molecule has 1 aliphatic rings. The van der Waals surface area contributed by atoms with Gasteiger partial charge in [-0.05, 0) is 25.0 Å². The Morgan fingerprint density at radius 3 is 2.87 bits per heavy atom. The highest BCUT2D eigenvalue weighted by atomic mass is 32.2. The zero-order valence-corrected chi connectivity index (χ0v) is 14.1. The van der Waals surface area contributed by atoms with Crippen molar-refractivity contribution in [1.29, 1.82) is 0 Å². The molecule has 0 saturated carbocycles. The minimum atomic E-state index is -3.48. The Morgan fingerprint density at radius 1 is 1.48 bits per heavy atom. The summed E-state index contributed by atoms with van der Waals surface area (Å²) in [5.41, 5.74) is 0.555. The van der Waals surface area contributed by atoms with Gasteiger partial charge < -0.3 is 14.8 Å². The van der Waals surface area contributed by atoms with Gasteiger partial charge in [0.15, 0.2) is 0 Å². The minimum Gasteiger partial charge on any atom is -0.497 e. The number of benzene rings is 1. The van der Waals surface area contributed by atoms with E-state index >= 15 is 0 Å². The summed E-state index contributed by atoms with van der Waals surface area (Å²) >= 11 is 0. The quantitative estimate of drug-likeness (QED) is 0.801. The van der Waals surface area contributed by atoms with Crippen LogP contribution in [0.5, 0.6) is 5.75 Å². The summed E-state index contributed by atoms with van der Waals surface area (Å²) < 4.78 is 35.4. The zero-order valence-electron chi connectivity index (χ0n) is 13.3. The molecule has 1 fully saturated rings. The van der Waals surface area contributed by atoms with E-state index in [0.717, 1.165) is 23.4 Å². The summed E-state index contributed by atoms with van der Waals surface area (Å²) in [6.07, 6.45) is 2.68. The van der Waals surface area contributed by atoms with Crippen molar-refractivity contribution >= 4 is 21.6 Å². The molecule has 128 valence electrons. The minimum absolute atomic E-state index is 0.144. The predicted molar refractivity (Wildman–Crippen MR) is 87.0 cm³/mol. The second-order valence-corrected chi connectivity index (χ2v) is 7.45. The van der Waals surface area contributed by atoms with Crippen LogP contribution in [0, 0.1) is 0 Å². The Morgan fingerprint density at radius 2 is 2.26 bits per heavy atom. The van der Waals surface area contributed by atoms with Gasteiger partial charge in [-0.25, -0.2) is 8.42 Å². The van der Waals surface area contributed by atoms with Crippen LogP contribution in [0.4, 0.5) is 5.69 Å². The van der Waals surface area contributed by atoms with E-state index < -0.39 is 15.9 Å². The smallest absolute Gasteiger partial charge is 0.239 e. The van der Waals surface area contributed by atoms with Gasteiger partial charge in [-0.3, -0.25) is 4.79 Å². The van der Waals surface area contributed by atoms with E-state index in [2.05, 4.69) is 5.32 Å². The fraction of sp³-hybridized carbons (Fsp3) is 0.533. The second kappa shape index (κ2) is 7.76. The molecular formula is C15H22N2O5S. The first-order valence-corrected chi connectivity index (χ1v) is 9.24. The van der Waals surface area contributed by atoms with Gasteiger partial charge in [0.1, 0.15) is 5.75 Å². The molecule has 1 N–H and O–H groups in total. The maximum atomic E-state index is 12.1. The maximum absolute atomic E-state index is 12.1. The van der Waals surface area contributed by atoms with Crippen LogP contribution >= 0.6 is 0 Å². The molecule has 0 bridgehead atoms. The summed E-state index contributed by atoms with van der Waals surface area (Å²) in [6, 6.07) is 6.89. The van der Waals surface area contributed by atoms with Crippen molar-refractivity contribution in [3.05, 3.63) is 24.3 Å². The number of nitrogens with one attached hydrogen (secondary N) is 1. The third-order valence-electron chi connectivity index (χ3n) is 3.57. The third kappa shape index (κ3) is 5.49. The van der Waals surface area contributed by atoms with Crippen LogP contribution in [-0.2, 0) is 19.6 Å². The Kier molecular flexibility index (Phi) is 5.97. The molecule has 1 aromatic carbocycles. The first-order chi connectivity index (χ1) is 10.9. The lowest BCUT2D eigenvalue weighted by Crippen LogP contribution is -2.41. The van der Waals surface area contributed by atoms with Crippen molar-refractivity contribution in [3.63, 3.8) is 0 Å². The molecule has 2 rings (SSSR count). The zero-order chi connectivity index (χ0) is 16.9. The Hall–Kier alpha value is -1.64. The molecule has 0 radical (unpaired) electrons. The highest BCUT2D eigenvalue weighted by Gasteiger charge is 2.26. The number of hydrogen-bond acceptors (Lipinski definition) is 5. The highest BCUT2D eigenvalue weighted by Crippen LogP contribution is 2.17. The van der Waals surface area contributed by atoms with E-state index in [9.17, 15) is 13.2 Å². The first-order valence-electron chi connectivity index (χ1n) is 7.39. The third-order valence-corrected chi connectivity index (χ3v) is 4.79. The van der Waals surface area contributed by atoms with Crippen molar-refractivity contribution < 1.29 is 22.7 Å². The lowest BCUT2D eigenvalue weighted by atomic mass is 10.2. The molecule has 1 atom stereocenters. The van der Waals surface area contributed by atoms with Gasteiger partial charge >= 0.3 is 0 Å². The van der Waals surface area contributed by atoms with E-state index in [-0.39, 0.29) is 19.2 Å². The van der Waals surface area contributed by atoms with Gasteiger partial charge in [-0.2, -0.15) is 4.31 Å². The van der Waals surface area contributed by atoms with E-state index in [1.54, 1.807) is 24.3 Å². The van der Waals surface area contributed by atoms with Gasteiger partial charge in [0.05, 0.1) is 26.0 Å². The number of nitrogens with zero attached hydrogens (tertiary/aromatic N) is 1. The van der Waals surface area contributed by atoms with Gasteiger partial charge in [0, 0.05) is 24.9 Å². The average molecular weight is 342 g/mol. The molecule has 8 heteroatoms. The maximum Gasteiger partial charge on any atom is 0.239 e. The lowest BCUT2D eigenvalue weighted by Gasteiger charge is -2.22.